The van der Waals surface area contributed by atoms with Crippen LogP contribution >= 0.6 is 11.3 Å². The van der Waals surface area contributed by atoms with Gasteiger partial charge in [-0.3, -0.25) is 4.79 Å². The Morgan fingerprint density at radius 1 is 1.37 bits per heavy atom. The molecule has 1 aliphatic rings. The van der Waals surface area contributed by atoms with E-state index in [2.05, 4.69) is 15.5 Å². The average Bonchev–Trinajstić information content (AvgIpc) is 2.88. The van der Waals surface area contributed by atoms with E-state index in [1.54, 1.807) is 4.90 Å². The molecule has 1 aromatic rings. The third-order valence-corrected chi connectivity index (χ3v) is 4.41. The monoisotopic (exact) mass is 282 g/mol. The third kappa shape index (κ3) is 3.89. The lowest BCUT2D eigenvalue weighted by molar-refractivity contribution is 0.0759. The van der Waals surface area contributed by atoms with Crippen LogP contribution in [0.2, 0.25) is 0 Å². The Labute approximate surface area is 118 Å². The maximum absolute atomic E-state index is 12.2. The first-order chi connectivity index (χ1) is 9.20. The molecule has 1 heterocycles. The Bertz CT molecular complexity index is 415. The number of nitrogens with zero attached hydrogens (tertiary/aromatic N) is 3. The fraction of sp³-hybridized carbons (Fsp3) is 0.769. The molecule has 0 aliphatic heterocycles. The third-order valence-electron chi connectivity index (χ3n) is 3.54. The molecule has 19 heavy (non-hydrogen) atoms. The number of rotatable bonds is 5. The number of carbonyl (C=O) groups excluding carboxylic acids is 1. The van der Waals surface area contributed by atoms with Crippen molar-refractivity contribution < 1.29 is 4.79 Å². The lowest BCUT2D eigenvalue weighted by Gasteiger charge is -2.26. The zero-order valence-corrected chi connectivity index (χ0v) is 12.5. The molecule has 5 nitrogen and oxygen atoms in total. The van der Waals surface area contributed by atoms with E-state index in [1.807, 2.05) is 14.0 Å². The summed E-state index contributed by atoms with van der Waals surface area (Å²) in [5.74, 6) is 0.649. The van der Waals surface area contributed by atoms with Crippen molar-refractivity contribution in [2.24, 2.45) is 5.92 Å². The van der Waals surface area contributed by atoms with E-state index in [1.165, 1.54) is 43.4 Å². The quantitative estimate of drug-likeness (QED) is 0.902. The minimum atomic E-state index is -0.00720. The topological polar surface area (TPSA) is 58.1 Å². The molecule has 6 heteroatoms. The number of hydrogen-bond acceptors (Lipinski definition) is 5. The summed E-state index contributed by atoms with van der Waals surface area (Å²) < 4.78 is 0. The van der Waals surface area contributed by atoms with E-state index < -0.39 is 0 Å². The van der Waals surface area contributed by atoms with Gasteiger partial charge in [0.2, 0.25) is 10.1 Å². The first kappa shape index (κ1) is 14.2. The van der Waals surface area contributed by atoms with Crippen LogP contribution in [0.25, 0.3) is 0 Å². The zero-order valence-electron chi connectivity index (χ0n) is 11.7. The minimum absolute atomic E-state index is 0.00720. The van der Waals surface area contributed by atoms with E-state index in [0.29, 0.717) is 10.9 Å². The van der Waals surface area contributed by atoms with Crippen molar-refractivity contribution in [2.45, 2.75) is 39.0 Å². The Balaban J connectivity index is 1.89. The number of carbonyl (C=O) groups is 1. The molecular weight excluding hydrogens is 260 g/mol. The summed E-state index contributed by atoms with van der Waals surface area (Å²) in [6.07, 6.45) is 6.44. The van der Waals surface area contributed by atoms with Crippen LogP contribution in [0.4, 0.5) is 5.13 Å². The number of nitrogens with one attached hydrogen (secondary N) is 1. The molecule has 1 aromatic heterocycles. The fourth-order valence-corrected chi connectivity index (χ4v) is 3.34. The second-order valence-electron chi connectivity index (χ2n) is 5.13. The fourth-order valence-electron chi connectivity index (χ4n) is 2.54. The van der Waals surface area contributed by atoms with Gasteiger partial charge < -0.3 is 10.2 Å². The molecule has 0 unspecified atom stereocenters. The summed E-state index contributed by atoms with van der Waals surface area (Å²) in [5, 5.41) is 12.2. The van der Waals surface area contributed by atoms with Crippen LogP contribution in [0.5, 0.6) is 0 Å². The van der Waals surface area contributed by atoms with Gasteiger partial charge in [-0.25, -0.2) is 0 Å². The normalized spacial score (nSPS) is 16.3. The highest BCUT2D eigenvalue weighted by atomic mass is 32.1. The highest BCUT2D eigenvalue weighted by molar-refractivity contribution is 7.17. The van der Waals surface area contributed by atoms with Crippen molar-refractivity contribution >= 4 is 22.4 Å². The predicted molar refractivity (Wildman–Crippen MR) is 77.6 cm³/mol. The van der Waals surface area contributed by atoms with Crippen molar-refractivity contribution in [3.8, 4) is 0 Å². The second kappa shape index (κ2) is 6.84. The summed E-state index contributed by atoms with van der Waals surface area (Å²) in [4.78, 5) is 14.0. The van der Waals surface area contributed by atoms with Gasteiger partial charge in [0.1, 0.15) is 0 Å². The molecule has 0 bridgehead atoms. The Hall–Kier alpha value is -1.17. The van der Waals surface area contributed by atoms with Crippen LogP contribution < -0.4 is 5.32 Å². The van der Waals surface area contributed by atoms with E-state index in [-0.39, 0.29) is 5.91 Å². The van der Waals surface area contributed by atoms with E-state index in [9.17, 15) is 4.79 Å². The first-order valence-electron chi connectivity index (χ1n) is 7.03. The van der Waals surface area contributed by atoms with Gasteiger partial charge in [0.25, 0.3) is 5.91 Å². The Morgan fingerprint density at radius 3 is 2.79 bits per heavy atom. The van der Waals surface area contributed by atoms with Gasteiger partial charge >= 0.3 is 0 Å². The molecule has 0 radical (unpaired) electrons. The van der Waals surface area contributed by atoms with Gasteiger partial charge in [0.15, 0.2) is 0 Å². The molecular formula is C13H22N4OS. The molecule has 1 N–H and O–H groups in total. The van der Waals surface area contributed by atoms with E-state index in [0.717, 1.165) is 18.2 Å². The minimum Gasteiger partial charge on any atom is -0.360 e. The van der Waals surface area contributed by atoms with E-state index >= 15 is 0 Å². The van der Waals surface area contributed by atoms with Crippen molar-refractivity contribution in [3.05, 3.63) is 5.01 Å². The maximum Gasteiger partial charge on any atom is 0.284 e. The zero-order chi connectivity index (χ0) is 13.7. The van der Waals surface area contributed by atoms with Gasteiger partial charge in [-0.1, -0.05) is 30.6 Å². The van der Waals surface area contributed by atoms with Gasteiger partial charge in [-0.2, -0.15) is 0 Å². The molecule has 0 saturated heterocycles. The summed E-state index contributed by atoms with van der Waals surface area (Å²) in [7, 11) is 1.87. The van der Waals surface area contributed by atoms with Crippen LogP contribution in [0.3, 0.4) is 0 Å². The largest absolute Gasteiger partial charge is 0.360 e. The van der Waals surface area contributed by atoms with Crippen LogP contribution in [0.15, 0.2) is 0 Å². The van der Waals surface area contributed by atoms with Crippen molar-refractivity contribution in [2.75, 3.05) is 25.5 Å². The SMILES string of the molecule is CCNc1nnc(C(=O)N(C)CC2CCCCC2)s1. The molecule has 1 amide bonds. The van der Waals surface area contributed by atoms with Crippen molar-refractivity contribution in [3.63, 3.8) is 0 Å². The van der Waals surface area contributed by atoms with Gasteiger partial charge in [-0.15, -0.1) is 10.2 Å². The molecule has 0 atom stereocenters. The van der Waals surface area contributed by atoms with Crippen molar-refractivity contribution in [1.29, 1.82) is 0 Å². The van der Waals surface area contributed by atoms with Crippen LogP contribution in [0.1, 0.15) is 48.8 Å². The lowest BCUT2D eigenvalue weighted by atomic mass is 9.89. The summed E-state index contributed by atoms with van der Waals surface area (Å²) in [6, 6.07) is 0. The molecule has 0 spiro atoms. The average molecular weight is 282 g/mol. The van der Waals surface area contributed by atoms with Gasteiger partial charge in [0, 0.05) is 20.1 Å². The molecule has 1 aliphatic carbocycles. The van der Waals surface area contributed by atoms with Gasteiger partial charge in [-0.05, 0) is 25.7 Å². The molecule has 2 rings (SSSR count). The smallest absolute Gasteiger partial charge is 0.284 e. The second-order valence-corrected chi connectivity index (χ2v) is 6.11. The highest BCUT2D eigenvalue weighted by Crippen LogP contribution is 2.25. The van der Waals surface area contributed by atoms with Gasteiger partial charge in [0.05, 0.1) is 0 Å². The molecule has 0 aromatic carbocycles. The van der Waals surface area contributed by atoms with Crippen LogP contribution in [-0.2, 0) is 0 Å². The van der Waals surface area contributed by atoms with Crippen LogP contribution in [-0.4, -0.2) is 41.1 Å². The lowest BCUT2D eigenvalue weighted by Crippen LogP contribution is -2.32. The van der Waals surface area contributed by atoms with Crippen LogP contribution in [0, 0.1) is 5.92 Å². The highest BCUT2D eigenvalue weighted by Gasteiger charge is 2.21. The number of hydrogen-bond donors (Lipinski definition) is 1. The Morgan fingerprint density at radius 2 is 2.11 bits per heavy atom. The number of aromatic nitrogens is 2. The molecule has 1 saturated carbocycles. The van der Waals surface area contributed by atoms with Crippen molar-refractivity contribution in [1.82, 2.24) is 15.1 Å². The summed E-state index contributed by atoms with van der Waals surface area (Å²) in [6.45, 7) is 3.63. The maximum atomic E-state index is 12.2. The predicted octanol–water partition coefficient (Wildman–Crippen LogP) is 2.62. The summed E-state index contributed by atoms with van der Waals surface area (Å²) >= 11 is 1.33. The van der Waals surface area contributed by atoms with E-state index in [4.69, 9.17) is 0 Å². The summed E-state index contributed by atoms with van der Waals surface area (Å²) in [5.41, 5.74) is 0. The number of anilines is 1. The standard InChI is InChI=1S/C13H22N4OS/c1-3-14-13-16-15-11(19-13)12(18)17(2)9-10-7-5-4-6-8-10/h10H,3-9H2,1-2H3,(H,14,16). The first-order valence-corrected chi connectivity index (χ1v) is 7.85. The number of amides is 1. The molecule has 1 fully saturated rings. The Kier molecular flexibility index (Phi) is 5.13. The molecule has 106 valence electrons.